The molecule has 0 aliphatic heterocycles. The Kier molecular flexibility index (Phi) is 6.16. The van der Waals surface area contributed by atoms with Crippen LogP contribution in [0.15, 0.2) is 24.3 Å². The lowest BCUT2D eigenvalue weighted by atomic mass is 10.2. The van der Waals surface area contributed by atoms with Crippen LogP contribution >= 0.6 is 11.6 Å². The molecule has 0 aliphatic rings. The van der Waals surface area contributed by atoms with E-state index in [1.54, 1.807) is 23.7 Å². The first-order valence-electron chi connectivity index (χ1n) is 7.78. The van der Waals surface area contributed by atoms with Crippen molar-refractivity contribution in [1.82, 2.24) is 15.1 Å². The molecule has 1 aromatic carbocycles. The van der Waals surface area contributed by atoms with Gasteiger partial charge >= 0.3 is 0 Å². The van der Waals surface area contributed by atoms with Crippen LogP contribution in [0.5, 0.6) is 0 Å². The Morgan fingerprint density at radius 2 is 2.00 bits per heavy atom. The first-order valence-corrected chi connectivity index (χ1v) is 8.16. The molecule has 0 radical (unpaired) electrons. The molecule has 1 aromatic heterocycles. The molecule has 1 N–H and O–H groups in total. The third-order valence-corrected chi connectivity index (χ3v) is 3.99. The Bertz CT molecular complexity index is 667. The van der Waals surface area contributed by atoms with Gasteiger partial charge in [0.25, 0.3) is 5.91 Å². The van der Waals surface area contributed by atoms with E-state index in [0.29, 0.717) is 29.5 Å². The molecule has 1 amide bonds. The summed E-state index contributed by atoms with van der Waals surface area (Å²) in [5.41, 5.74) is 1.86. The van der Waals surface area contributed by atoms with E-state index in [-0.39, 0.29) is 11.7 Å². The third kappa shape index (κ3) is 4.55. The maximum Gasteiger partial charge on any atom is 0.256 e. The highest BCUT2D eigenvalue weighted by molar-refractivity contribution is 6.33. The smallest absolute Gasteiger partial charge is 0.256 e. The number of aromatic nitrogens is 2. The van der Waals surface area contributed by atoms with Crippen LogP contribution in [-0.4, -0.2) is 22.2 Å². The lowest BCUT2D eigenvalue weighted by Gasteiger charge is -2.05. The molecule has 1 heterocycles. The molecule has 23 heavy (non-hydrogen) atoms. The van der Waals surface area contributed by atoms with Crippen LogP contribution in [0.2, 0.25) is 5.15 Å². The molecule has 6 heteroatoms. The number of benzene rings is 1. The maximum absolute atomic E-state index is 13.0. The van der Waals surface area contributed by atoms with Gasteiger partial charge < -0.3 is 5.32 Å². The summed E-state index contributed by atoms with van der Waals surface area (Å²) in [5.74, 6) is -0.488. The quantitative estimate of drug-likeness (QED) is 0.777. The van der Waals surface area contributed by atoms with Crippen LogP contribution in [0.4, 0.5) is 4.39 Å². The maximum atomic E-state index is 13.0. The summed E-state index contributed by atoms with van der Waals surface area (Å²) in [5, 5.41) is 7.50. The van der Waals surface area contributed by atoms with Crippen molar-refractivity contribution in [2.75, 3.05) is 6.54 Å². The lowest BCUT2D eigenvalue weighted by Crippen LogP contribution is -2.25. The normalized spacial score (nSPS) is 10.8. The minimum Gasteiger partial charge on any atom is -0.352 e. The second-order valence-electron chi connectivity index (χ2n) is 5.50. The topological polar surface area (TPSA) is 46.9 Å². The number of rotatable bonds is 7. The molecule has 0 atom stereocenters. The lowest BCUT2D eigenvalue weighted by molar-refractivity contribution is 0.0952. The number of carbonyl (C=O) groups excluding carboxylic acids is 1. The van der Waals surface area contributed by atoms with Crippen molar-refractivity contribution in [3.05, 3.63) is 52.1 Å². The summed E-state index contributed by atoms with van der Waals surface area (Å²) in [6, 6.07) is 6.13. The summed E-state index contributed by atoms with van der Waals surface area (Å²) < 4.78 is 14.5. The molecule has 0 saturated heterocycles. The third-order valence-electron chi connectivity index (χ3n) is 3.60. The zero-order chi connectivity index (χ0) is 16.8. The van der Waals surface area contributed by atoms with Gasteiger partial charge in [-0.25, -0.2) is 9.07 Å². The van der Waals surface area contributed by atoms with E-state index in [0.717, 1.165) is 24.8 Å². The largest absolute Gasteiger partial charge is 0.352 e. The Balaban J connectivity index is 2.09. The summed E-state index contributed by atoms with van der Waals surface area (Å²) in [6.45, 7) is 4.89. The molecule has 2 aromatic rings. The zero-order valence-electron chi connectivity index (χ0n) is 13.4. The van der Waals surface area contributed by atoms with E-state index in [1.165, 1.54) is 12.1 Å². The average molecular weight is 338 g/mol. The molecule has 0 fully saturated rings. The number of nitrogens with one attached hydrogen (secondary N) is 1. The Hall–Kier alpha value is -1.88. The van der Waals surface area contributed by atoms with Crippen LogP contribution in [0.3, 0.4) is 0 Å². The number of halogens is 2. The molecule has 4 nitrogen and oxygen atoms in total. The van der Waals surface area contributed by atoms with E-state index < -0.39 is 0 Å². The van der Waals surface area contributed by atoms with Gasteiger partial charge in [0.1, 0.15) is 11.0 Å². The van der Waals surface area contributed by atoms with Gasteiger partial charge in [0.15, 0.2) is 0 Å². The van der Waals surface area contributed by atoms with Gasteiger partial charge in [0, 0.05) is 6.54 Å². The standard InChI is InChI=1S/C17H21ClFN3O/c1-3-4-5-10-20-17(23)15-12(2)21-22(16(15)18)11-13-6-8-14(19)9-7-13/h6-9H,3-5,10-11H2,1-2H3,(H,20,23). The van der Waals surface area contributed by atoms with Gasteiger partial charge in [-0.3, -0.25) is 4.79 Å². The first-order chi connectivity index (χ1) is 11.0. The SMILES string of the molecule is CCCCCNC(=O)c1c(C)nn(Cc2ccc(F)cc2)c1Cl. The fraction of sp³-hybridized carbons (Fsp3) is 0.412. The Morgan fingerprint density at radius 1 is 1.30 bits per heavy atom. The average Bonchev–Trinajstić information content (AvgIpc) is 2.80. The van der Waals surface area contributed by atoms with Crippen molar-refractivity contribution in [1.29, 1.82) is 0 Å². The van der Waals surface area contributed by atoms with Crippen LogP contribution in [0, 0.1) is 12.7 Å². The molecule has 0 aliphatic carbocycles. The highest BCUT2D eigenvalue weighted by Gasteiger charge is 2.20. The second kappa shape index (κ2) is 8.11. The van der Waals surface area contributed by atoms with Gasteiger partial charge in [-0.15, -0.1) is 0 Å². The van der Waals surface area contributed by atoms with Crippen molar-refractivity contribution in [3.8, 4) is 0 Å². The number of amides is 1. The molecular formula is C17H21ClFN3O. The van der Waals surface area contributed by atoms with E-state index in [2.05, 4.69) is 17.3 Å². The van der Waals surface area contributed by atoms with E-state index >= 15 is 0 Å². The molecular weight excluding hydrogens is 317 g/mol. The number of aryl methyl sites for hydroxylation is 1. The van der Waals surface area contributed by atoms with Gasteiger partial charge in [-0.1, -0.05) is 43.5 Å². The highest BCUT2D eigenvalue weighted by Crippen LogP contribution is 2.21. The van der Waals surface area contributed by atoms with Crippen molar-refractivity contribution < 1.29 is 9.18 Å². The Labute approximate surface area is 140 Å². The fourth-order valence-corrected chi connectivity index (χ4v) is 2.66. The van der Waals surface area contributed by atoms with Crippen LogP contribution < -0.4 is 5.32 Å². The van der Waals surface area contributed by atoms with Gasteiger partial charge in [-0.05, 0) is 31.0 Å². The summed E-state index contributed by atoms with van der Waals surface area (Å²) >= 11 is 6.31. The predicted octanol–water partition coefficient (Wildman–Crippen LogP) is 3.95. The van der Waals surface area contributed by atoms with E-state index in [1.807, 2.05) is 0 Å². The highest BCUT2D eigenvalue weighted by atomic mass is 35.5. The van der Waals surface area contributed by atoms with Gasteiger partial charge in [-0.2, -0.15) is 5.10 Å². The Morgan fingerprint density at radius 3 is 2.65 bits per heavy atom. The van der Waals surface area contributed by atoms with E-state index in [4.69, 9.17) is 11.6 Å². The van der Waals surface area contributed by atoms with Crippen LogP contribution in [0.1, 0.15) is 47.8 Å². The first kappa shape index (κ1) is 17.5. The summed E-state index contributed by atoms with van der Waals surface area (Å²) in [4.78, 5) is 12.3. The minimum atomic E-state index is -0.288. The number of nitrogens with zero attached hydrogens (tertiary/aromatic N) is 2. The monoisotopic (exact) mass is 337 g/mol. The number of hydrogen-bond acceptors (Lipinski definition) is 2. The number of carbonyl (C=O) groups is 1. The number of hydrogen-bond donors (Lipinski definition) is 1. The van der Waals surface area contributed by atoms with Gasteiger partial charge in [0.2, 0.25) is 0 Å². The molecule has 2 rings (SSSR count). The van der Waals surface area contributed by atoms with Crippen molar-refractivity contribution in [2.24, 2.45) is 0 Å². The van der Waals surface area contributed by atoms with E-state index in [9.17, 15) is 9.18 Å². The summed E-state index contributed by atoms with van der Waals surface area (Å²) in [6.07, 6.45) is 3.13. The molecule has 0 spiro atoms. The second-order valence-corrected chi connectivity index (χ2v) is 5.86. The molecule has 0 bridgehead atoms. The minimum absolute atomic E-state index is 0.200. The number of unbranched alkanes of at least 4 members (excludes halogenated alkanes) is 2. The molecule has 0 saturated carbocycles. The van der Waals surface area contributed by atoms with Crippen molar-refractivity contribution in [2.45, 2.75) is 39.7 Å². The zero-order valence-corrected chi connectivity index (χ0v) is 14.2. The van der Waals surface area contributed by atoms with Crippen LogP contribution in [-0.2, 0) is 6.54 Å². The summed E-state index contributed by atoms with van der Waals surface area (Å²) in [7, 11) is 0. The predicted molar refractivity (Wildman–Crippen MR) is 89.3 cm³/mol. The van der Waals surface area contributed by atoms with Gasteiger partial charge in [0.05, 0.1) is 17.8 Å². The fourth-order valence-electron chi connectivity index (χ4n) is 2.34. The van der Waals surface area contributed by atoms with Crippen molar-refractivity contribution >= 4 is 17.5 Å². The molecule has 0 unspecified atom stereocenters. The van der Waals surface area contributed by atoms with Crippen LogP contribution in [0.25, 0.3) is 0 Å². The molecule has 124 valence electrons. The van der Waals surface area contributed by atoms with Crippen molar-refractivity contribution in [3.63, 3.8) is 0 Å².